The first-order chi connectivity index (χ1) is 8.56. The number of primary amides is 1. The van der Waals surface area contributed by atoms with E-state index in [1.807, 2.05) is 16.7 Å². The largest absolute Gasteiger partial charge is 0.369 e. The van der Waals surface area contributed by atoms with Crippen molar-refractivity contribution in [3.8, 4) is 0 Å². The molecule has 1 aliphatic rings. The van der Waals surface area contributed by atoms with Gasteiger partial charge in [0.15, 0.2) is 0 Å². The number of nitrogens with two attached hydrogens (primary N) is 1. The van der Waals surface area contributed by atoms with Crippen LogP contribution in [0.15, 0.2) is 18.2 Å². The van der Waals surface area contributed by atoms with Gasteiger partial charge < -0.3 is 10.6 Å². The van der Waals surface area contributed by atoms with Crippen LogP contribution in [0.2, 0.25) is 0 Å². The van der Waals surface area contributed by atoms with Gasteiger partial charge in [0.2, 0.25) is 11.9 Å². The number of hydrogen-bond acceptors (Lipinski definition) is 4. The van der Waals surface area contributed by atoms with E-state index in [1.54, 1.807) is 12.1 Å². The van der Waals surface area contributed by atoms with E-state index >= 15 is 0 Å². The average Bonchev–Trinajstić information content (AvgIpc) is 2.28. The highest BCUT2D eigenvalue weighted by atomic mass is 19.1. The normalized spacial score (nSPS) is 21.0. The molecule has 2 rings (SSSR count). The minimum absolute atomic E-state index is 0.174. The van der Waals surface area contributed by atoms with E-state index in [0.29, 0.717) is 12.4 Å². The number of halogens is 1. The van der Waals surface area contributed by atoms with Gasteiger partial charge in [-0.1, -0.05) is 6.07 Å². The molecule has 1 fully saturated rings. The Balaban J connectivity index is 2.03. The lowest BCUT2D eigenvalue weighted by molar-refractivity contribution is -0.119. The second-order valence-corrected chi connectivity index (χ2v) is 4.56. The minimum atomic E-state index is -0.473. The molecule has 0 saturated carbocycles. The molecule has 0 radical (unpaired) electrons. The summed E-state index contributed by atoms with van der Waals surface area (Å²) in [7, 11) is 0. The molecule has 18 heavy (non-hydrogen) atoms. The van der Waals surface area contributed by atoms with Gasteiger partial charge in [0.25, 0.3) is 0 Å². The minimum Gasteiger partial charge on any atom is -0.369 e. The number of hydrogen-bond donors (Lipinski definition) is 1. The van der Waals surface area contributed by atoms with Gasteiger partial charge in [0.1, 0.15) is 5.82 Å². The lowest BCUT2D eigenvalue weighted by Crippen LogP contribution is -2.54. The Morgan fingerprint density at radius 2 is 2.33 bits per heavy atom. The topological polar surface area (TPSA) is 62.5 Å². The molecule has 1 unspecified atom stereocenters. The molecule has 0 aliphatic carbocycles. The van der Waals surface area contributed by atoms with Crippen LogP contribution < -0.4 is 10.6 Å². The fourth-order valence-corrected chi connectivity index (χ4v) is 2.29. The van der Waals surface area contributed by atoms with Gasteiger partial charge in [-0.05, 0) is 19.1 Å². The summed E-state index contributed by atoms with van der Waals surface area (Å²) in [5, 5.41) is 0. The second-order valence-electron chi connectivity index (χ2n) is 4.56. The maximum absolute atomic E-state index is 13.1. The van der Waals surface area contributed by atoms with E-state index in [-0.39, 0.29) is 18.5 Å². The zero-order chi connectivity index (χ0) is 13.1. The molecule has 1 aromatic rings. The lowest BCUT2D eigenvalue weighted by atomic mass is 10.2. The summed E-state index contributed by atoms with van der Waals surface area (Å²) < 4.78 is 13.1. The highest BCUT2D eigenvalue weighted by Gasteiger charge is 2.25. The molecule has 0 spiro atoms. The van der Waals surface area contributed by atoms with Crippen molar-refractivity contribution < 1.29 is 9.18 Å². The summed E-state index contributed by atoms with van der Waals surface area (Å²) in [6.45, 7) is 4.46. The van der Waals surface area contributed by atoms with E-state index in [0.717, 1.165) is 13.1 Å². The fourth-order valence-electron chi connectivity index (χ4n) is 2.29. The van der Waals surface area contributed by atoms with Gasteiger partial charge in [-0.3, -0.25) is 9.69 Å². The first-order valence-electron chi connectivity index (χ1n) is 5.96. The van der Waals surface area contributed by atoms with Crippen LogP contribution in [0.4, 0.5) is 10.2 Å². The molecular formula is C12H17FN4O. The molecule has 2 heterocycles. The summed E-state index contributed by atoms with van der Waals surface area (Å²) in [5.41, 5.74) is 5.18. The maximum Gasteiger partial charge on any atom is 0.231 e. The van der Waals surface area contributed by atoms with Crippen molar-refractivity contribution >= 4 is 11.7 Å². The van der Waals surface area contributed by atoms with Crippen molar-refractivity contribution in [1.82, 2.24) is 9.88 Å². The lowest BCUT2D eigenvalue weighted by Gasteiger charge is -2.40. The number of carbonyl (C=O) groups excluding carboxylic acids is 1. The number of rotatable bonds is 3. The third-order valence-corrected chi connectivity index (χ3v) is 3.09. The molecule has 1 amide bonds. The predicted octanol–water partition coefficient (Wildman–Crippen LogP) is 0.217. The molecule has 0 bridgehead atoms. The van der Waals surface area contributed by atoms with Crippen LogP contribution in [0.5, 0.6) is 0 Å². The third-order valence-electron chi connectivity index (χ3n) is 3.09. The van der Waals surface area contributed by atoms with Gasteiger partial charge in [0, 0.05) is 25.7 Å². The quantitative estimate of drug-likeness (QED) is 0.782. The van der Waals surface area contributed by atoms with Gasteiger partial charge >= 0.3 is 0 Å². The Labute approximate surface area is 105 Å². The number of anilines is 1. The maximum atomic E-state index is 13.1. The highest BCUT2D eigenvalue weighted by Crippen LogP contribution is 2.18. The van der Waals surface area contributed by atoms with Crippen molar-refractivity contribution in [3.05, 3.63) is 24.1 Å². The molecule has 6 heteroatoms. The average molecular weight is 252 g/mol. The SMILES string of the molecule is CC1CN(CC(N)=O)CCN1c1cccc(F)n1. The number of aromatic nitrogens is 1. The second kappa shape index (κ2) is 5.30. The van der Waals surface area contributed by atoms with Crippen LogP contribution in [0.3, 0.4) is 0 Å². The Bertz CT molecular complexity index is 440. The van der Waals surface area contributed by atoms with Gasteiger partial charge in [-0.15, -0.1) is 0 Å². The van der Waals surface area contributed by atoms with Crippen LogP contribution >= 0.6 is 0 Å². The van der Waals surface area contributed by atoms with Crippen LogP contribution in [0.1, 0.15) is 6.92 Å². The molecule has 0 aromatic carbocycles. The zero-order valence-electron chi connectivity index (χ0n) is 10.3. The van der Waals surface area contributed by atoms with Crippen molar-refractivity contribution in [2.24, 2.45) is 5.73 Å². The van der Waals surface area contributed by atoms with Crippen molar-refractivity contribution in [2.75, 3.05) is 31.1 Å². The van der Waals surface area contributed by atoms with Crippen molar-refractivity contribution in [2.45, 2.75) is 13.0 Å². The summed E-state index contributed by atoms with van der Waals surface area (Å²) >= 11 is 0. The molecular weight excluding hydrogens is 235 g/mol. The Hall–Kier alpha value is -1.69. The zero-order valence-corrected chi connectivity index (χ0v) is 10.3. The van der Waals surface area contributed by atoms with Crippen LogP contribution in [0, 0.1) is 5.95 Å². The van der Waals surface area contributed by atoms with E-state index in [4.69, 9.17) is 5.73 Å². The smallest absolute Gasteiger partial charge is 0.231 e. The summed E-state index contributed by atoms with van der Waals surface area (Å²) in [5.74, 6) is -0.153. The molecule has 2 N–H and O–H groups in total. The van der Waals surface area contributed by atoms with Crippen molar-refractivity contribution in [3.63, 3.8) is 0 Å². The number of amides is 1. The molecule has 1 atom stereocenters. The highest BCUT2D eigenvalue weighted by molar-refractivity contribution is 5.75. The molecule has 5 nitrogen and oxygen atoms in total. The van der Waals surface area contributed by atoms with E-state index in [2.05, 4.69) is 4.98 Å². The van der Waals surface area contributed by atoms with E-state index in [1.165, 1.54) is 6.07 Å². The number of piperazine rings is 1. The fraction of sp³-hybridized carbons (Fsp3) is 0.500. The van der Waals surface area contributed by atoms with E-state index in [9.17, 15) is 9.18 Å². The number of pyridine rings is 1. The van der Waals surface area contributed by atoms with E-state index < -0.39 is 5.95 Å². The monoisotopic (exact) mass is 252 g/mol. The molecule has 1 aromatic heterocycles. The van der Waals surface area contributed by atoms with Crippen LogP contribution in [0.25, 0.3) is 0 Å². The standard InChI is InChI=1S/C12H17FN4O/c1-9-7-16(8-11(14)18)5-6-17(9)12-4-2-3-10(13)15-12/h2-4,9H,5-8H2,1H3,(H2,14,18). The van der Waals surface area contributed by atoms with Gasteiger partial charge in [-0.2, -0.15) is 4.39 Å². The van der Waals surface area contributed by atoms with Gasteiger partial charge in [0.05, 0.1) is 6.54 Å². The van der Waals surface area contributed by atoms with Crippen LogP contribution in [-0.4, -0.2) is 48.0 Å². The number of carbonyl (C=O) groups is 1. The predicted molar refractivity (Wildman–Crippen MR) is 66.6 cm³/mol. The summed E-state index contributed by atoms with van der Waals surface area (Å²) in [6, 6.07) is 4.95. The third kappa shape index (κ3) is 2.95. The summed E-state index contributed by atoms with van der Waals surface area (Å²) in [4.78, 5) is 18.8. The Kier molecular flexibility index (Phi) is 3.76. The Morgan fingerprint density at radius 3 is 2.94 bits per heavy atom. The van der Waals surface area contributed by atoms with Crippen molar-refractivity contribution in [1.29, 1.82) is 0 Å². The van der Waals surface area contributed by atoms with Gasteiger partial charge in [-0.25, -0.2) is 4.98 Å². The first kappa shape index (κ1) is 12.8. The first-order valence-corrected chi connectivity index (χ1v) is 5.96. The Morgan fingerprint density at radius 1 is 1.56 bits per heavy atom. The van der Waals surface area contributed by atoms with Crippen LogP contribution in [-0.2, 0) is 4.79 Å². The number of nitrogens with zero attached hydrogens (tertiary/aromatic N) is 3. The molecule has 98 valence electrons. The molecule has 1 aliphatic heterocycles. The summed E-state index contributed by atoms with van der Waals surface area (Å²) in [6.07, 6.45) is 0. The molecule has 1 saturated heterocycles.